The topological polar surface area (TPSA) is 80.4 Å². The molecule has 0 amide bonds. The van der Waals surface area contributed by atoms with E-state index in [0.717, 1.165) is 38.5 Å². The Bertz CT molecular complexity index is 216. The van der Waals surface area contributed by atoms with Crippen molar-refractivity contribution in [2.45, 2.75) is 64.3 Å². The quantitative estimate of drug-likeness (QED) is 0.562. The van der Waals surface area contributed by atoms with Gasteiger partial charge in [-0.15, -0.1) is 0 Å². The first-order valence-electron chi connectivity index (χ1n) is 6.02. The number of hydrogen-bond acceptors (Lipinski definition) is 3. The number of carbonyl (C=O) groups is 2. The summed E-state index contributed by atoms with van der Waals surface area (Å²) in [6.07, 6.45) is 7.43. The molecule has 0 heterocycles. The van der Waals surface area contributed by atoms with Crippen LogP contribution in [0.4, 0.5) is 0 Å². The molecule has 0 aliphatic carbocycles. The number of ketones is 1. The molecule has 0 aliphatic heterocycles. The summed E-state index contributed by atoms with van der Waals surface area (Å²) in [5.41, 5.74) is 5.38. The van der Waals surface area contributed by atoms with E-state index in [2.05, 4.69) is 0 Å². The number of hydrogen-bond donors (Lipinski definition) is 2. The fourth-order valence-electron chi connectivity index (χ4n) is 1.57. The second kappa shape index (κ2) is 9.33. The van der Waals surface area contributed by atoms with E-state index in [-0.39, 0.29) is 5.78 Å². The molecule has 0 fully saturated rings. The predicted octanol–water partition coefficient (Wildman–Crippen LogP) is 2.11. The van der Waals surface area contributed by atoms with Gasteiger partial charge in [-0.25, -0.2) is 0 Å². The number of Topliss-reactive ketones (excluding diaryl/α,β-unsaturated/α-hetero) is 1. The van der Waals surface area contributed by atoms with E-state index in [1.807, 2.05) is 0 Å². The molecule has 0 rings (SSSR count). The first kappa shape index (κ1) is 15.1. The van der Waals surface area contributed by atoms with Gasteiger partial charge in [-0.1, -0.05) is 32.1 Å². The van der Waals surface area contributed by atoms with Gasteiger partial charge in [0, 0.05) is 6.42 Å². The van der Waals surface area contributed by atoms with Crippen LogP contribution < -0.4 is 5.73 Å². The number of carbonyl (C=O) groups excluding carboxylic acids is 1. The van der Waals surface area contributed by atoms with E-state index >= 15 is 0 Å². The third-order valence-corrected chi connectivity index (χ3v) is 2.61. The van der Waals surface area contributed by atoms with Crippen LogP contribution in [0.1, 0.15) is 58.3 Å². The lowest BCUT2D eigenvalue weighted by molar-refractivity contribution is -0.138. The summed E-state index contributed by atoms with van der Waals surface area (Å²) in [6.45, 7) is 1.62. The fourth-order valence-corrected chi connectivity index (χ4v) is 1.57. The number of nitrogens with two attached hydrogens (primary N) is 1. The Morgan fingerprint density at radius 3 is 2.06 bits per heavy atom. The summed E-state index contributed by atoms with van der Waals surface area (Å²) < 4.78 is 0. The van der Waals surface area contributed by atoms with Gasteiger partial charge < -0.3 is 15.6 Å². The van der Waals surface area contributed by atoms with E-state index < -0.39 is 12.0 Å². The molecule has 1 unspecified atom stereocenters. The summed E-state index contributed by atoms with van der Waals surface area (Å²) in [4.78, 5) is 21.1. The van der Waals surface area contributed by atoms with Gasteiger partial charge in [-0.3, -0.25) is 4.79 Å². The summed E-state index contributed by atoms with van der Waals surface area (Å²) in [6, 6.07) is -0.710. The molecule has 16 heavy (non-hydrogen) atoms. The SMILES string of the molecule is CC(=O)CCCCCCCCC(N)C(=O)O. The molecule has 0 aliphatic rings. The van der Waals surface area contributed by atoms with Crippen molar-refractivity contribution in [3.8, 4) is 0 Å². The number of rotatable bonds is 10. The second-order valence-corrected chi connectivity index (χ2v) is 4.31. The number of carboxylic acids is 1. The molecule has 0 radical (unpaired) electrons. The second-order valence-electron chi connectivity index (χ2n) is 4.31. The smallest absolute Gasteiger partial charge is 0.320 e. The molecule has 94 valence electrons. The highest BCUT2D eigenvalue weighted by molar-refractivity contribution is 5.75. The lowest BCUT2D eigenvalue weighted by Crippen LogP contribution is -2.29. The Morgan fingerprint density at radius 2 is 1.56 bits per heavy atom. The maximum absolute atomic E-state index is 10.6. The van der Waals surface area contributed by atoms with Crippen molar-refractivity contribution in [2.75, 3.05) is 0 Å². The lowest BCUT2D eigenvalue weighted by Gasteiger charge is -2.05. The average Bonchev–Trinajstić information content (AvgIpc) is 2.21. The maximum atomic E-state index is 10.6. The first-order chi connectivity index (χ1) is 7.54. The molecule has 4 heteroatoms. The Kier molecular flexibility index (Phi) is 8.81. The van der Waals surface area contributed by atoms with Gasteiger partial charge in [0.2, 0.25) is 0 Å². The van der Waals surface area contributed by atoms with Crippen LogP contribution in [-0.4, -0.2) is 22.9 Å². The van der Waals surface area contributed by atoms with Gasteiger partial charge in [0.05, 0.1) is 0 Å². The van der Waals surface area contributed by atoms with E-state index in [1.54, 1.807) is 6.92 Å². The average molecular weight is 229 g/mol. The summed E-state index contributed by atoms with van der Waals surface area (Å²) in [5, 5.41) is 8.55. The molecule has 4 nitrogen and oxygen atoms in total. The summed E-state index contributed by atoms with van der Waals surface area (Å²) >= 11 is 0. The van der Waals surface area contributed by atoms with Crippen LogP contribution in [0.15, 0.2) is 0 Å². The summed E-state index contributed by atoms with van der Waals surface area (Å²) in [7, 11) is 0. The monoisotopic (exact) mass is 229 g/mol. The number of carboxylic acid groups (broad SMARTS) is 1. The molecule has 0 bridgehead atoms. The molecule has 0 aromatic rings. The molecule has 0 spiro atoms. The van der Waals surface area contributed by atoms with Crippen molar-refractivity contribution in [1.29, 1.82) is 0 Å². The van der Waals surface area contributed by atoms with E-state index in [9.17, 15) is 9.59 Å². The van der Waals surface area contributed by atoms with Crippen LogP contribution in [0, 0.1) is 0 Å². The molecular formula is C12H23NO3. The molecule has 3 N–H and O–H groups in total. The van der Waals surface area contributed by atoms with Crippen molar-refractivity contribution in [3.63, 3.8) is 0 Å². The fraction of sp³-hybridized carbons (Fsp3) is 0.833. The van der Waals surface area contributed by atoms with Crippen LogP contribution in [0.25, 0.3) is 0 Å². The Hall–Kier alpha value is -0.900. The molecule has 0 saturated heterocycles. The molecule has 1 atom stereocenters. The summed E-state index contributed by atoms with van der Waals surface area (Å²) in [5.74, 6) is -0.658. The molecule has 0 saturated carbocycles. The van der Waals surface area contributed by atoms with Crippen molar-refractivity contribution in [1.82, 2.24) is 0 Å². The normalized spacial score (nSPS) is 12.4. The van der Waals surface area contributed by atoms with Crippen molar-refractivity contribution in [3.05, 3.63) is 0 Å². The van der Waals surface area contributed by atoms with Crippen molar-refractivity contribution in [2.24, 2.45) is 5.73 Å². The largest absolute Gasteiger partial charge is 0.480 e. The van der Waals surface area contributed by atoms with Crippen LogP contribution in [0.5, 0.6) is 0 Å². The zero-order chi connectivity index (χ0) is 12.4. The van der Waals surface area contributed by atoms with Gasteiger partial charge >= 0.3 is 5.97 Å². The minimum atomic E-state index is -0.915. The molecule has 0 aromatic carbocycles. The van der Waals surface area contributed by atoms with Gasteiger partial charge in [0.25, 0.3) is 0 Å². The minimum absolute atomic E-state index is 0.257. The van der Waals surface area contributed by atoms with Crippen LogP contribution in [0.2, 0.25) is 0 Å². The highest BCUT2D eigenvalue weighted by Gasteiger charge is 2.09. The van der Waals surface area contributed by atoms with Crippen LogP contribution >= 0.6 is 0 Å². The van der Waals surface area contributed by atoms with E-state index in [1.165, 1.54) is 0 Å². The minimum Gasteiger partial charge on any atom is -0.480 e. The molecular weight excluding hydrogens is 206 g/mol. The highest BCUT2D eigenvalue weighted by atomic mass is 16.4. The van der Waals surface area contributed by atoms with Crippen molar-refractivity contribution >= 4 is 11.8 Å². The zero-order valence-electron chi connectivity index (χ0n) is 10.1. The predicted molar refractivity (Wildman–Crippen MR) is 63.2 cm³/mol. The maximum Gasteiger partial charge on any atom is 0.320 e. The Morgan fingerprint density at radius 1 is 1.06 bits per heavy atom. The lowest BCUT2D eigenvalue weighted by atomic mass is 10.0. The molecule has 0 aromatic heterocycles. The van der Waals surface area contributed by atoms with E-state index in [4.69, 9.17) is 10.8 Å². The first-order valence-corrected chi connectivity index (χ1v) is 6.02. The van der Waals surface area contributed by atoms with Gasteiger partial charge in [-0.2, -0.15) is 0 Å². The highest BCUT2D eigenvalue weighted by Crippen LogP contribution is 2.09. The Labute approximate surface area is 97.2 Å². The third-order valence-electron chi connectivity index (χ3n) is 2.61. The van der Waals surface area contributed by atoms with Crippen molar-refractivity contribution < 1.29 is 14.7 Å². The Balaban J connectivity index is 3.15. The number of unbranched alkanes of at least 4 members (excludes halogenated alkanes) is 5. The standard InChI is InChI=1S/C12H23NO3/c1-10(14)8-6-4-2-3-5-7-9-11(13)12(15)16/h11H,2-9,13H2,1H3,(H,15,16). The zero-order valence-corrected chi connectivity index (χ0v) is 10.1. The third kappa shape index (κ3) is 9.65. The van der Waals surface area contributed by atoms with Crippen LogP contribution in [0.3, 0.4) is 0 Å². The van der Waals surface area contributed by atoms with Crippen LogP contribution in [-0.2, 0) is 9.59 Å². The van der Waals surface area contributed by atoms with Gasteiger partial charge in [0.15, 0.2) is 0 Å². The van der Waals surface area contributed by atoms with Gasteiger partial charge in [0.1, 0.15) is 11.8 Å². The van der Waals surface area contributed by atoms with Gasteiger partial charge in [-0.05, 0) is 19.8 Å². The van der Waals surface area contributed by atoms with E-state index in [0.29, 0.717) is 12.8 Å². The number of aliphatic carboxylic acids is 1.